The Balaban J connectivity index is 4.05. The average molecular weight is 287 g/mol. The van der Waals surface area contributed by atoms with Gasteiger partial charge in [-0.25, -0.2) is 4.79 Å². The minimum atomic E-state index is -1.00. The number of nitrogens with one attached hydrogen (secondary N) is 3. The van der Waals surface area contributed by atoms with Crippen LogP contribution in [-0.4, -0.2) is 42.5 Å². The lowest BCUT2D eigenvalue weighted by atomic mass is 9.85. The van der Waals surface area contributed by atoms with Crippen LogP contribution in [0.15, 0.2) is 0 Å². The van der Waals surface area contributed by atoms with Crippen molar-refractivity contribution >= 4 is 23.8 Å². The molecule has 0 bridgehead atoms. The first-order valence-electron chi connectivity index (χ1n) is 6.16. The fourth-order valence-corrected chi connectivity index (χ4v) is 1.54. The molecule has 0 spiro atoms. The molecule has 0 aliphatic rings. The van der Waals surface area contributed by atoms with Crippen LogP contribution in [0.5, 0.6) is 0 Å². The van der Waals surface area contributed by atoms with E-state index in [-0.39, 0.29) is 31.7 Å². The van der Waals surface area contributed by atoms with Crippen molar-refractivity contribution in [2.24, 2.45) is 5.41 Å². The van der Waals surface area contributed by atoms with Gasteiger partial charge in [0.05, 0.1) is 6.42 Å². The van der Waals surface area contributed by atoms with E-state index < -0.39 is 23.3 Å². The third kappa shape index (κ3) is 8.90. The molecule has 0 radical (unpaired) electrons. The summed E-state index contributed by atoms with van der Waals surface area (Å²) in [7, 11) is 1.48. The van der Waals surface area contributed by atoms with Crippen molar-refractivity contribution in [1.29, 1.82) is 0 Å². The number of carbonyl (C=O) groups is 4. The lowest BCUT2D eigenvalue weighted by Gasteiger charge is -2.21. The highest BCUT2D eigenvalue weighted by molar-refractivity contribution is 5.94. The summed E-state index contributed by atoms with van der Waals surface area (Å²) in [5.74, 6) is -1.79. The van der Waals surface area contributed by atoms with Gasteiger partial charge in [0, 0.05) is 26.4 Å². The van der Waals surface area contributed by atoms with Crippen molar-refractivity contribution in [3.05, 3.63) is 0 Å². The van der Waals surface area contributed by atoms with E-state index in [0.717, 1.165) is 0 Å². The lowest BCUT2D eigenvalue weighted by Crippen LogP contribution is -2.42. The third-order valence-electron chi connectivity index (χ3n) is 2.44. The summed E-state index contributed by atoms with van der Waals surface area (Å²) in [6.45, 7) is 3.37. The largest absolute Gasteiger partial charge is 0.481 e. The summed E-state index contributed by atoms with van der Waals surface area (Å²) in [6, 6.07) is -0.704. The monoisotopic (exact) mass is 287 g/mol. The van der Waals surface area contributed by atoms with E-state index in [1.165, 1.54) is 7.05 Å². The van der Waals surface area contributed by atoms with Crippen molar-refractivity contribution in [2.75, 3.05) is 13.6 Å². The van der Waals surface area contributed by atoms with E-state index in [9.17, 15) is 19.2 Å². The molecule has 0 heterocycles. The number of hydrogen-bond donors (Lipinski definition) is 4. The SMILES string of the molecule is CNC(=O)CCNC(=O)NC(=O)CC(C)(C)CC(=O)O. The zero-order chi connectivity index (χ0) is 15.8. The number of urea groups is 1. The van der Waals surface area contributed by atoms with E-state index in [0.29, 0.717) is 0 Å². The maximum absolute atomic E-state index is 11.6. The van der Waals surface area contributed by atoms with Crippen LogP contribution in [0, 0.1) is 5.41 Å². The van der Waals surface area contributed by atoms with E-state index in [1.807, 2.05) is 0 Å². The molecule has 0 saturated carbocycles. The standard InChI is InChI=1S/C12H21N3O5/c1-12(2,7-10(18)19)6-9(17)15-11(20)14-5-4-8(16)13-3/h4-7H2,1-3H3,(H,13,16)(H,18,19)(H2,14,15,17,20). The molecule has 0 atom stereocenters. The van der Waals surface area contributed by atoms with Gasteiger partial charge in [0.1, 0.15) is 0 Å². The number of imide groups is 1. The number of hydrogen-bond acceptors (Lipinski definition) is 4. The van der Waals surface area contributed by atoms with Crippen LogP contribution in [-0.2, 0) is 14.4 Å². The predicted molar refractivity (Wildman–Crippen MR) is 70.9 cm³/mol. The Morgan fingerprint density at radius 1 is 1.05 bits per heavy atom. The number of carbonyl (C=O) groups excluding carboxylic acids is 3. The molecule has 8 heteroatoms. The van der Waals surface area contributed by atoms with E-state index >= 15 is 0 Å². The van der Waals surface area contributed by atoms with Crippen LogP contribution in [0.25, 0.3) is 0 Å². The molecule has 0 aromatic heterocycles. The summed E-state index contributed by atoms with van der Waals surface area (Å²) in [5.41, 5.74) is -0.738. The Bertz CT molecular complexity index is 393. The smallest absolute Gasteiger partial charge is 0.321 e. The van der Waals surface area contributed by atoms with Gasteiger partial charge in [-0.3, -0.25) is 19.7 Å². The maximum Gasteiger partial charge on any atom is 0.321 e. The average Bonchev–Trinajstić information content (AvgIpc) is 2.25. The van der Waals surface area contributed by atoms with Gasteiger partial charge in [-0.2, -0.15) is 0 Å². The highest BCUT2D eigenvalue weighted by atomic mass is 16.4. The fraction of sp³-hybridized carbons (Fsp3) is 0.667. The molecule has 0 aromatic carbocycles. The first kappa shape index (κ1) is 17.9. The Labute approximate surface area is 117 Å². The first-order valence-corrected chi connectivity index (χ1v) is 6.16. The predicted octanol–water partition coefficient (Wildman–Crippen LogP) is -0.161. The third-order valence-corrected chi connectivity index (χ3v) is 2.44. The Kier molecular flexibility index (Phi) is 7.27. The van der Waals surface area contributed by atoms with Crippen molar-refractivity contribution in [1.82, 2.24) is 16.0 Å². The molecule has 0 aliphatic carbocycles. The molecule has 0 rings (SSSR count). The summed E-state index contributed by atoms with van der Waals surface area (Å²) < 4.78 is 0. The molecule has 0 unspecified atom stereocenters. The van der Waals surface area contributed by atoms with E-state index in [2.05, 4.69) is 16.0 Å². The minimum Gasteiger partial charge on any atom is -0.481 e. The van der Waals surface area contributed by atoms with Crippen molar-refractivity contribution < 1.29 is 24.3 Å². The van der Waals surface area contributed by atoms with Crippen molar-refractivity contribution in [3.63, 3.8) is 0 Å². The molecule has 0 saturated heterocycles. The Morgan fingerprint density at radius 3 is 2.15 bits per heavy atom. The normalized spacial score (nSPS) is 10.6. The summed E-state index contributed by atoms with van der Waals surface area (Å²) in [5, 5.41) is 15.5. The van der Waals surface area contributed by atoms with Crippen molar-refractivity contribution in [2.45, 2.75) is 33.1 Å². The molecular formula is C12H21N3O5. The topological polar surface area (TPSA) is 125 Å². The number of rotatable bonds is 7. The molecule has 20 heavy (non-hydrogen) atoms. The van der Waals surface area contributed by atoms with Gasteiger partial charge < -0.3 is 15.7 Å². The Hall–Kier alpha value is -2.12. The summed E-state index contributed by atoms with van der Waals surface area (Å²) >= 11 is 0. The maximum atomic E-state index is 11.6. The summed E-state index contributed by atoms with van der Waals surface area (Å²) in [6.07, 6.45) is -0.135. The summed E-state index contributed by atoms with van der Waals surface area (Å²) in [4.78, 5) is 44.4. The van der Waals surface area contributed by atoms with Crippen LogP contribution >= 0.6 is 0 Å². The highest BCUT2D eigenvalue weighted by Crippen LogP contribution is 2.24. The number of carboxylic acids is 1. The quantitative estimate of drug-likeness (QED) is 0.518. The van der Waals surface area contributed by atoms with Crippen LogP contribution in [0.4, 0.5) is 4.79 Å². The van der Waals surface area contributed by atoms with Gasteiger partial charge in [-0.1, -0.05) is 13.8 Å². The van der Waals surface area contributed by atoms with Gasteiger partial charge in [0.25, 0.3) is 0 Å². The first-order chi connectivity index (χ1) is 9.16. The number of aliphatic carboxylic acids is 1. The van der Waals surface area contributed by atoms with E-state index in [4.69, 9.17) is 5.11 Å². The van der Waals surface area contributed by atoms with Crippen molar-refractivity contribution in [3.8, 4) is 0 Å². The molecule has 4 amide bonds. The number of amides is 4. The molecule has 8 nitrogen and oxygen atoms in total. The second-order valence-electron chi connectivity index (χ2n) is 5.14. The molecular weight excluding hydrogens is 266 g/mol. The second-order valence-corrected chi connectivity index (χ2v) is 5.14. The van der Waals surface area contributed by atoms with Gasteiger partial charge in [0.2, 0.25) is 11.8 Å². The van der Waals surface area contributed by atoms with Crippen LogP contribution < -0.4 is 16.0 Å². The van der Waals surface area contributed by atoms with Gasteiger partial charge in [0.15, 0.2) is 0 Å². The zero-order valence-electron chi connectivity index (χ0n) is 11.9. The van der Waals surface area contributed by atoms with Gasteiger partial charge >= 0.3 is 12.0 Å². The van der Waals surface area contributed by atoms with Gasteiger partial charge in [-0.05, 0) is 5.41 Å². The molecule has 0 aromatic rings. The van der Waals surface area contributed by atoms with Crippen LogP contribution in [0.1, 0.15) is 33.1 Å². The van der Waals surface area contributed by atoms with Crippen LogP contribution in [0.3, 0.4) is 0 Å². The minimum absolute atomic E-state index is 0.0812. The zero-order valence-corrected chi connectivity index (χ0v) is 11.9. The molecule has 114 valence electrons. The van der Waals surface area contributed by atoms with E-state index in [1.54, 1.807) is 13.8 Å². The highest BCUT2D eigenvalue weighted by Gasteiger charge is 2.25. The second kappa shape index (κ2) is 8.13. The number of carboxylic acid groups (broad SMARTS) is 1. The van der Waals surface area contributed by atoms with Gasteiger partial charge in [-0.15, -0.1) is 0 Å². The molecule has 4 N–H and O–H groups in total. The van der Waals surface area contributed by atoms with Crippen LogP contribution in [0.2, 0.25) is 0 Å². The Morgan fingerprint density at radius 2 is 1.65 bits per heavy atom. The molecule has 0 fully saturated rings. The molecule has 0 aliphatic heterocycles. The fourth-order valence-electron chi connectivity index (χ4n) is 1.54. The lowest BCUT2D eigenvalue weighted by molar-refractivity contribution is -0.139.